The molecule has 4 nitrogen and oxygen atoms in total. The molecular formula is C22H25N4+. The number of fused-ring (bicyclic) bond motifs is 3. The van der Waals surface area contributed by atoms with Gasteiger partial charge in [0.25, 0.3) is 0 Å². The van der Waals surface area contributed by atoms with Crippen LogP contribution in [0, 0.1) is 0 Å². The highest BCUT2D eigenvalue weighted by Gasteiger charge is 2.17. The molecule has 0 unspecified atom stereocenters. The van der Waals surface area contributed by atoms with Gasteiger partial charge in [-0.2, -0.15) is 0 Å². The Morgan fingerprint density at radius 2 is 1.69 bits per heavy atom. The molecule has 1 saturated heterocycles. The minimum Gasteiger partial charge on any atom is -0.335 e. The van der Waals surface area contributed by atoms with Crippen molar-refractivity contribution in [2.45, 2.75) is 25.8 Å². The van der Waals surface area contributed by atoms with Crippen molar-refractivity contribution in [1.82, 2.24) is 14.0 Å². The summed E-state index contributed by atoms with van der Waals surface area (Å²) in [7, 11) is 0. The summed E-state index contributed by atoms with van der Waals surface area (Å²) in [6, 6.07) is 19.1. The predicted molar refractivity (Wildman–Crippen MR) is 106 cm³/mol. The highest BCUT2D eigenvalue weighted by molar-refractivity contribution is 5.81. The van der Waals surface area contributed by atoms with Crippen molar-refractivity contribution in [3.8, 4) is 11.3 Å². The zero-order valence-corrected chi connectivity index (χ0v) is 15.1. The lowest BCUT2D eigenvalue weighted by Crippen LogP contribution is -3.10. The summed E-state index contributed by atoms with van der Waals surface area (Å²) in [4.78, 5) is 6.70. The Hall–Kier alpha value is -2.59. The third-order valence-corrected chi connectivity index (χ3v) is 5.65. The molecule has 3 heterocycles. The molecule has 1 fully saturated rings. The van der Waals surface area contributed by atoms with Crippen LogP contribution in [-0.4, -0.2) is 33.6 Å². The number of aryl methyl sites for hydroxylation is 1. The topological polar surface area (TPSA) is 26.7 Å². The van der Waals surface area contributed by atoms with Gasteiger partial charge in [0.1, 0.15) is 0 Å². The van der Waals surface area contributed by atoms with E-state index in [4.69, 9.17) is 4.98 Å². The van der Waals surface area contributed by atoms with E-state index in [1.54, 1.807) is 4.90 Å². The van der Waals surface area contributed by atoms with Crippen LogP contribution in [0.4, 0.5) is 0 Å². The summed E-state index contributed by atoms with van der Waals surface area (Å²) in [6.07, 6.45) is 6.24. The Balaban J connectivity index is 1.55. The molecule has 4 aromatic rings. The number of hydrogen-bond acceptors (Lipinski definition) is 1. The number of rotatable bonds is 5. The maximum Gasteiger partial charge on any atom is 0.215 e. The Kier molecular flexibility index (Phi) is 3.98. The van der Waals surface area contributed by atoms with E-state index in [1.165, 1.54) is 55.7 Å². The van der Waals surface area contributed by atoms with Gasteiger partial charge >= 0.3 is 0 Å². The normalized spacial score (nSPS) is 15.4. The van der Waals surface area contributed by atoms with Crippen LogP contribution in [0.15, 0.2) is 60.8 Å². The second-order valence-electron chi connectivity index (χ2n) is 7.36. The molecule has 1 aliphatic heterocycles. The molecule has 132 valence electrons. The number of quaternary nitrogens is 1. The van der Waals surface area contributed by atoms with Crippen LogP contribution in [0.2, 0.25) is 0 Å². The smallest absolute Gasteiger partial charge is 0.215 e. The standard InChI is InChI=1S/C22H24N4/c1-2-9-18(10-3-1)21-17-26-20-12-5-4-11-19(20)23-22(26)25(21)16-8-15-24-13-6-7-14-24/h1-5,9-12,17H,6-8,13-16H2/p+1. The molecule has 1 aliphatic rings. The van der Waals surface area contributed by atoms with E-state index in [1.807, 2.05) is 0 Å². The van der Waals surface area contributed by atoms with Crippen molar-refractivity contribution in [1.29, 1.82) is 0 Å². The van der Waals surface area contributed by atoms with E-state index in [2.05, 4.69) is 69.8 Å². The molecule has 0 radical (unpaired) electrons. The Morgan fingerprint density at radius 1 is 0.923 bits per heavy atom. The van der Waals surface area contributed by atoms with Gasteiger partial charge < -0.3 is 9.47 Å². The highest BCUT2D eigenvalue weighted by Crippen LogP contribution is 2.26. The van der Waals surface area contributed by atoms with E-state index < -0.39 is 0 Å². The fraction of sp³-hybridized carbons (Fsp3) is 0.318. The fourth-order valence-electron chi connectivity index (χ4n) is 4.32. The second kappa shape index (κ2) is 6.61. The van der Waals surface area contributed by atoms with Crippen LogP contribution in [0.5, 0.6) is 0 Å². The number of benzene rings is 2. The monoisotopic (exact) mass is 345 g/mol. The number of likely N-dealkylation sites (tertiary alicyclic amines) is 1. The van der Waals surface area contributed by atoms with Gasteiger partial charge in [-0.15, -0.1) is 0 Å². The maximum absolute atomic E-state index is 4.93. The summed E-state index contributed by atoms with van der Waals surface area (Å²) >= 11 is 0. The molecule has 26 heavy (non-hydrogen) atoms. The lowest BCUT2D eigenvalue weighted by Gasteiger charge is -2.13. The SMILES string of the molecule is c1ccc(-c2cn3c4ccccc4nc3n2CCC[NH+]2CCCC2)cc1. The van der Waals surface area contributed by atoms with Gasteiger partial charge in [0, 0.05) is 32.0 Å². The minimum atomic E-state index is 1.02. The number of aromatic nitrogens is 3. The molecule has 0 atom stereocenters. The number of nitrogens with one attached hydrogen (secondary N) is 1. The number of nitrogens with zero attached hydrogens (tertiary/aromatic N) is 3. The lowest BCUT2D eigenvalue weighted by atomic mass is 10.1. The summed E-state index contributed by atoms with van der Waals surface area (Å²) in [5.41, 5.74) is 4.77. The number of hydrogen-bond donors (Lipinski definition) is 1. The van der Waals surface area contributed by atoms with Gasteiger partial charge in [0.2, 0.25) is 5.78 Å². The van der Waals surface area contributed by atoms with Crippen molar-refractivity contribution < 1.29 is 4.90 Å². The van der Waals surface area contributed by atoms with Crippen LogP contribution < -0.4 is 4.90 Å². The first kappa shape index (κ1) is 15.6. The van der Waals surface area contributed by atoms with Gasteiger partial charge in [-0.25, -0.2) is 4.98 Å². The van der Waals surface area contributed by atoms with Gasteiger partial charge in [-0.1, -0.05) is 42.5 Å². The summed E-state index contributed by atoms with van der Waals surface area (Å²) in [5.74, 6) is 1.06. The molecule has 0 spiro atoms. The molecule has 2 aromatic carbocycles. The molecule has 1 N–H and O–H groups in total. The average molecular weight is 345 g/mol. The Bertz CT molecular complexity index is 1020. The van der Waals surface area contributed by atoms with Gasteiger partial charge in [-0.05, 0) is 17.7 Å². The highest BCUT2D eigenvalue weighted by atomic mass is 15.2. The molecule has 2 aromatic heterocycles. The van der Waals surface area contributed by atoms with Crippen molar-refractivity contribution in [2.75, 3.05) is 19.6 Å². The fourth-order valence-corrected chi connectivity index (χ4v) is 4.32. The first-order chi connectivity index (χ1) is 12.9. The van der Waals surface area contributed by atoms with Crippen molar-refractivity contribution in [2.24, 2.45) is 0 Å². The van der Waals surface area contributed by atoms with E-state index in [0.717, 1.165) is 17.8 Å². The molecule has 4 heteroatoms. The first-order valence-corrected chi connectivity index (χ1v) is 9.75. The number of para-hydroxylation sites is 2. The largest absolute Gasteiger partial charge is 0.335 e. The van der Waals surface area contributed by atoms with Crippen LogP contribution >= 0.6 is 0 Å². The average Bonchev–Trinajstić information content (AvgIpc) is 3.39. The zero-order chi connectivity index (χ0) is 17.3. The van der Waals surface area contributed by atoms with E-state index >= 15 is 0 Å². The van der Waals surface area contributed by atoms with Gasteiger partial charge in [-0.3, -0.25) is 4.40 Å². The molecule has 0 bridgehead atoms. The van der Waals surface area contributed by atoms with Crippen LogP contribution in [0.1, 0.15) is 19.3 Å². The van der Waals surface area contributed by atoms with Gasteiger partial charge in [0.15, 0.2) is 0 Å². The maximum atomic E-state index is 4.93. The Morgan fingerprint density at radius 3 is 2.54 bits per heavy atom. The molecular weight excluding hydrogens is 320 g/mol. The van der Waals surface area contributed by atoms with Crippen LogP contribution in [-0.2, 0) is 6.54 Å². The summed E-state index contributed by atoms with van der Waals surface area (Å²) in [5, 5.41) is 0. The molecule has 0 aliphatic carbocycles. The van der Waals surface area contributed by atoms with Crippen molar-refractivity contribution in [3.05, 3.63) is 60.8 Å². The summed E-state index contributed by atoms with van der Waals surface area (Å²) < 4.78 is 4.66. The number of imidazole rings is 2. The zero-order valence-electron chi connectivity index (χ0n) is 15.1. The summed E-state index contributed by atoms with van der Waals surface area (Å²) in [6.45, 7) is 4.98. The van der Waals surface area contributed by atoms with Gasteiger partial charge in [0.05, 0.1) is 36.4 Å². The van der Waals surface area contributed by atoms with Crippen LogP contribution in [0.25, 0.3) is 28.1 Å². The van der Waals surface area contributed by atoms with E-state index in [-0.39, 0.29) is 0 Å². The third-order valence-electron chi connectivity index (χ3n) is 5.65. The molecule has 5 rings (SSSR count). The van der Waals surface area contributed by atoms with Crippen molar-refractivity contribution >= 4 is 16.8 Å². The quantitative estimate of drug-likeness (QED) is 0.591. The lowest BCUT2D eigenvalue weighted by molar-refractivity contribution is -0.887. The first-order valence-electron chi connectivity index (χ1n) is 9.75. The third kappa shape index (κ3) is 2.71. The van der Waals surface area contributed by atoms with Crippen molar-refractivity contribution in [3.63, 3.8) is 0 Å². The molecule has 0 amide bonds. The Labute approximate surface area is 153 Å². The minimum absolute atomic E-state index is 1.02. The van der Waals surface area contributed by atoms with E-state index in [0.29, 0.717) is 0 Å². The molecule has 0 saturated carbocycles. The van der Waals surface area contributed by atoms with Crippen LogP contribution in [0.3, 0.4) is 0 Å². The second-order valence-corrected chi connectivity index (χ2v) is 7.36. The van der Waals surface area contributed by atoms with E-state index in [9.17, 15) is 0 Å². The predicted octanol–water partition coefficient (Wildman–Crippen LogP) is 3.02.